The van der Waals surface area contributed by atoms with Gasteiger partial charge < -0.3 is 10.2 Å². The van der Waals surface area contributed by atoms with Crippen molar-refractivity contribution in [1.29, 1.82) is 0 Å². The van der Waals surface area contributed by atoms with Crippen molar-refractivity contribution in [2.45, 2.75) is 39.7 Å². The third-order valence-electron chi connectivity index (χ3n) is 4.16. The van der Waals surface area contributed by atoms with Gasteiger partial charge in [0.2, 0.25) is 0 Å². The molecule has 0 aliphatic carbocycles. The van der Waals surface area contributed by atoms with E-state index in [1.54, 1.807) is 0 Å². The number of hydrogen-bond acceptors (Lipinski definition) is 4. The molecule has 4 nitrogen and oxygen atoms in total. The molecule has 1 saturated heterocycles. The average molecular weight is 296 g/mol. The molecule has 0 saturated carbocycles. The first-order chi connectivity index (χ1) is 10.6. The molecule has 1 aliphatic heterocycles. The Balaban J connectivity index is 1.60. The molecule has 0 bridgehead atoms. The third-order valence-corrected chi connectivity index (χ3v) is 4.16. The summed E-state index contributed by atoms with van der Waals surface area (Å²) in [7, 11) is 0. The van der Waals surface area contributed by atoms with Crippen molar-refractivity contribution in [3.63, 3.8) is 0 Å². The van der Waals surface area contributed by atoms with Crippen molar-refractivity contribution in [3.8, 4) is 0 Å². The molecule has 1 aromatic heterocycles. The molecule has 0 radical (unpaired) electrons. The van der Waals surface area contributed by atoms with Gasteiger partial charge in [0.05, 0.1) is 0 Å². The zero-order valence-corrected chi connectivity index (χ0v) is 13.6. The van der Waals surface area contributed by atoms with Crippen molar-refractivity contribution in [1.82, 2.24) is 9.97 Å². The number of anilines is 2. The monoisotopic (exact) mass is 296 g/mol. The predicted octanol–water partition coefficient (Wildman–Crippen LogP) is 3.48. The van der Waals surface area contributed by atoms with Gasteiger partial charge in [-0.1, -0.05) is 12.1 Å². The minimum absolute atomic E-state index is 0.544. The summed E-state index contributed by atoms with van der Waals surface area (Å²) in [6.07, 6.45) is 2.27. The van der Waals surface area contributed by atoms with E-state index in [1.807, 2.05) is 13.8 Å². The topological polar surface area (TPSA) is 41.0 Å². The maximum Gasteiger partial charge on any atom is 0.132 e. The molecule has 0 spiro atoms. The zero-order valence-electron chi connectivity index (χ0n) is 13.6. The van der Waals surface area contributed by atoms with Gasteiger partial charge in [-0.25, -0.2) is 9.97 Å². The predicted molar refractivity (Wildman–Crippen MR) is 91.5 cm³/mol. The van der Waals surface area contributed by atoms with Crippen LogP contribution in [0.5, 0.6) is 0 Å². The summed E-state index contributed by atoms with van der Waals surface area (Å²) >= 11 is 0. The molecule has 4 heteroatoms. The zero-order chi connectivity index (χ0) is 15.5. The van der Waals surface area contributed by atoms with E-state index < -0.39 is 0 Å². The second-order valence-electron chi connectivity index (χ2n) is 6.19. The summed E-state index contributed by atoms with van der Waals surface area (Å²) in [5.74, 6) is 1.93. The Labute approximate surface area is 132 Å². The summed E-state index contributed by atoms with van der Waals surface area (Å²) in [5.41, 5.74) is 3.57. The minimum Gasteiger partial charge on any atom is -0.382 e. The molecule has 0 atom stereocenters. The maximum atomic E-state index is 4.57. The van der Waals surface area contributed by atoms with E-state index in [2.05, 4.69) is 57.4 Å². The fourth-order valence-corrected chi connectivity index (χ4v) is 3.08. The summed E-state index contributed by atoms with van der Waals surface area (Å²) in [4.78, 5) is 11.3. The number of hydrogen-bond donors (Lipinski definition) is 1. The molecule has 2 heterocycles. The normalized spacial score (nSPS) is 15.9. The highest BCUT2D eigenvalue weighted by molar-refractivity contribution is 5.47. The first kappa shape index (κ1) is 14.8. The highest BCUT2D eigenvalue weighted by atomic mass is 15.2. The molecular formula is C18H24N4. The SMILES string of the molecule is Cc1cccc(NC2CCN(c3cc(C)nc(C)n3)CC2)c1. The van der Waals surface area contributed by atoms with Crippen LogP contribution in [0.25, 0.3) is 0 Å². The number of piperidine rings is 1. The highest BCUT2D eigenvalue weighted by Gasteiger charge is 2.20. The lowest BCUT2D eigenvalue weighted by Crippen LogP contribution is -2.39. The minimum atomic E-state index is 0.544. The number of nitrogens with one attached hydrogen (secondary N) is 1. The van der Waals surface area contributed by atoms with E-state index in [-0.39, 0.29) is 0 Å². The van der Waals surface area contributed by atoms with Crippen LogP contribution in [0.3, 0.4) is 0 Å². The molecule has 22 heavy (non-hydrogen) atoms. The molecule has 3 rings (SSSR count). The number of nitrogens with zero attached hydrogens (tertiary/aromatic N) is 3. The van der Waals surface area contributed by atoms with E-state index in [1.165, 1.54) is 11.3 Å². The van der Waals surface area contributed by atoms with Gasteiger partial charge in [-0.15, -0.1) is 0 Å². The number of rotatable bonds is 3. The summed E-state index contributed by atoms with van der Waals surface area (Å²) in [6, 6.07) is 11.2. The van der Waals surface area contributed by atoms with Crippen LogP contribution in [-0.4, -0.2) is 29.1 Å². The van der Waals surface area contributed by atoms with E-state index in [9.17, 15) is 0 Å². The van der Waals surface area contributed by atoms with Crippen molar-refractivity contribution < 1.29 is 0 Å². The number of benzene rings is 1. The van der Waals surface area contributed by atoms with Crippen molar-refractivity contribution in [2.24, 2.45) is 0 Å². The van der Waals surface area contributed by atoms with Gasteiger partial charge in [-0.2, -0.15) is 0 Å². The largest absolute Gasteiger partial charge is 0.382 e. The van der Waals surface area contributed by atoms with Gasteiger partial charge in [-0.05, 0) is 51.3 Å². The maximum absolute atomic E-state index is 4.57. The van der Waals surface area contributed by atoms with Crippen LogP contribution in [-0.2, 0) is 0 Å². The average Bonchev–Trinajstić information content (AvgIpc) is 2.47. The van der Waals surface area contributed by atoms with Gasteiger partial charge >= 0.3 is 0 Å². The third kappa shape index (κ3) is 3.56. The van der Waals surface area contributed by atoms with Crippen molar-refractivity contribution >= 4 is 11.5 Å². The molecule has 1 aromatic carbocycles. The fourth-order valence-electron chi connectivity index (χ4n) is 3.08. The lowest BCUT2D eigenvalue weighted by Gasteiger charge is -2.33. The molecule has 2 aromatic rings. The quantitative estimate of drug-likeness (QED) is 0.941. The van der Waals surface area contributed by atoms with Crippen LogP contribution in [0, 0.1) is 20.8 Å². The summed E-state index contributed by atoms with van der Waals surface area (Å²) in [5, 5.41) is 3.66. The second-order valence-corrected chi connectivity index (χ2v) is 6.19. The van der Waals surface area contributed by atoms with Crippen LogP contribution in [0.4, 0.5) is 11.5 Å². The lowest BCUT2D eigenvalue weighted by atomic mass is 10.0. The van der Waals surface area contributed by atoms with Gasteiger partial charge in [0.25, 0.3) is 0 Å². The molecule has 1 aliphatic rings. The first-order valence-corrected chi connectivity index (χ1v) is 8.00. The smallest absolute Gasteiger partial charge is 0.132 e. The number of aryl methyl sites for hydroxylation is 3. The van der Waals surface area contributed by atoms with Crippen molar-refractivity contribution in [2.75, 3.05) is 23.3 Å². The second kappa shape index (κ2) is 6.34. The van der Waals surface area contributed by atoms with Crippen LogP contribution in [0.2, 0.25) is 0 Å². The van der Waals surface area contributed by atoms with Crippen LogP contribution in [0.1, 0.15) is 29.9 Å². The highest BCUT2D eigenvalue weighted by Crippen LogP contribution is 2.21. The Bertz CT molecular complexity index is 625. The molecule has 0 amide bonds. The van der Waals surface area contributed by atoms with E-state index in [4.69, 9.17) is 0 Å². The Hall–Kier alpha value is -2.10. The van der Waals surface area contributed by atoms with Gasteiger partial charge in [0.1, 0.15) is 11.6 Å². The van der Waals surface area contributed by atoms with E-state index >= 15 is 0 Å². The molecule has 0 unspecified atom stereocenters. The van der Waals surface area contributed by atoms with Crippen LogP contribution >= 0.6 is 0 Å². The molecular weight excluding hydrogens is 272 g/mol. The number of aromatic nitrogens is 2. The fraction of sp³-hybridized carbons (Fsp3) is 0.444. The molecule has 1 fully saturated rings. The van der Waals surface area contributed by atoms with Crippen LogP contribution < -0.4 is 10.2 Å². The van der Waals surface area contributed by atoms with Gasteiger partial charge in [-0.3, -0.25) is 0 Å². The Kier molecular flexibility index (Phi) is 4.27. The Morgan fingerprint density at radius 1 is 1.05 bits per heavy atom. The van der Waals surface area contributed by atoms with Gasteiger partial charge in [0, 0.05) is 36.6 Å². The first-order valence-electron chi connectivity index (χ1n) is 8.00. The van der Waals surface area contributed by atoms with E-state index in [0.29, 0.717) is 6.04 Å². The lowest BCUT2D eigenvalue weighted by molar-refractivity contribution is 0.523. The molecule has 1 N–H and O–H groups in total. The van der Waals surface area contributed by atoms with Crippen molar-refractivity contribution in [3.05, 3.63) is 47.4 Å². The Morgan fingerprint density at radius 3 is 2.50 bits per heavy atom. The molecule has 116 valence electrons. The summed E-state index contributed by atoms with van der Waals surface area (Å²) < 4.78 is 0. The van der Waals surface area contributed by atoms with Gasteiger partial charge in [0.15, 0.2) is 0 Å². The Morgan fingerprint density at radius 2 is 1.82 bits per heavy atom. The van der Waals surface area contributed by atoms with Crippen LogP contribution in [0.15, 0.2) is 30.3 Å². The van der Waals surface area contributed by atoms with E-state index in [0.717, 1.165) is 43.3 Å². The standard InChI is InChI=1S/C18H24N4/c1-13-5-4-6-17(11-13)21-16-7-9-22(10-8-16)18-12-14(2)19-15(3)20-18/h4-6,11-12,16,21H,7-10H2,1-3H3. The summed E-state index contributed by atoms with van der Waals surface area (Å²) in [6.45, 7) is 8.21.